The monoisotopic (exact) mass is 554 g/mol. The number of piperidine rings is 1. The zero-order chi connectivity index (χ0) is 27.3. The van der Waals surface area contributed by atoms with Gasteiger partial charge in [-0.25, -0.2) is 9.97 Å². The number of hydrogen-bond donors (Lipinski definition) is 0. The van der Waals surface area contributed by atoms with Gasteiger partial charge in [0.1, 0.15) is 23.1 Å². The van der Waals surface area contributed by atoms with E-state index in [0.717, 1.165) is 85.8 Å². The van der Waals surface area contributed by atoms with Crippen molar-refractivity contribution in [3.63, 3.8) is 0 Å². The highest BCUT2D eigenvalue weighted by molar-refractivity contribution is 7.19. The molecule has 9 nitrogen and oxygen atoms in total. The Morgan fingerprint density at radius 3 is 2.80 bits per heavy atom. The molecule has 3 fully saturated rings. The van der Waals surface area contributed by atoms with Gasteiger partial charge in [-0.3, -0.25) is 4.79 Å². The van der Waals surface area contributed by atoms with Crippen molar-refractivity contribution in [3.05, 3.63) is 63.9 Å². The molecule has 0 radical (unpaired) electrons. The van der Waals surface area contributed by atoms with Gasteiger partial charge in [0, 0.05) is 31.7 Å². The third-order valence-electron chi connectivity index (χ3n) is 8.77. The highest BCUT2D eigenvalue weighted by Crippen LogP contribution is 2.65. The number of ether oxygens (including phenoxy) is 2. The first kappa shape index (κ1) is 25.2. The first-order valence-corrected chi connectivity index (χ1v) is 14.6. The molecule has 10 heteroatoms. The molecule has 2 aliphatic heterocycles. The van der Waals surface area contributed by atoms with Crippen molar-refractivity contribution >= 4 is 33.9 Å². The Morgan fingerprint density at radius 2 is 2.08 bits per heavy atom. The summed E-state index contributed by atoms with van der Waals surface area (Å²) in [5.41, 5.74) is 3.69. The first-order valence-electron chi connectivity index (χ1n) is 13.8. The van der Waals surface area contributed by atoms with Crippen molar-refractivity contribution in [3.8, 4) is 11.9 Å². The Morgan fingerprint density at radius 1 is 1.23 bits per heavy atom. The Kier molecular flexibility index (Phi) is 6.28. The summed E-state index contributed by atoms with van der Waals surface area (Å²) in [6.07, 6.45) is 5.40. The standard InChI is InChI=1S/C30H30N6O3S/c1-19-13-20(15-31)5-6-21(19)18-39-25-4-2-3-24(32-25)35-10-8-30(9-11-35)14-23(30)28-34-27-29(40-26(17-37)33-27)36(28)16-22-7-12-38-22/h2-6,13,17,22-23H,7-12,14,16,18H2,1H3. The van der Waals surface area contributed by atoms with Crippen LogP contribution in [0.1, 0.15) is 63.9 Å². The van der Waals surface area contributed by atoms with E-state index in [1.165, 1.54) is 11.3 Å². The molecule has 1 aliphatic carbocycles. The summed E-state index contributed by atoms with van der Waals surface area (Å²) in [5, 5.41) is 9.58. The van der Waals surface area contributed by atoms with Crippen LogP contribution in [-0.2, 0) is 17.9 Å². The number of aromatic nitrogens is 4. The van der Waals surface area contributed by atoms with Crippen molar-refractivity contribution in [2.75, 3.05) is 24.6 Å². The fourth-order valence-electron chi connectivity index (χ4n) is 6.15. The molecule has 1 saturated carbocycles. The van der Waals surface area contributed by atoms with Gasteiger partial charge in [-0.15, -0.1) is 0 Å². The molecule has 3 aromatic heterocycles. The fraction of sp³-hybridized carbons (Fsp3) is 0.433. The predicted molar refractivity (Wildman–Crippen MR) is 151 cm³/mol. The van der Waals surface area contributed by atoms with Crippen molar-refractivity contribution in [2.45, 2.75) is 57.8 Å². The van der Waals surface area contributed by atoms with Gasteiger partial charge in [-0.1, -0.05) is 23.5 Å². The van der Waals surface area contributed by atoms with Gasteiger partial charge < -0.3 is 18.9 Å². The van der Waals surface area contributed by atoms with E-state index in [4.69, 9.17) is 24.7 Å². The van der Waals surface area contributed by atoms with Crippen LogP contribution in [0.25, 0.3) is 10.5 Å². The molecule has 0 N–H and O–H groups in total. The minimum Gasteiger partial charge on any atom is -0.473 e. The maximum Gasteiger partial charge on any atom is 0.215 e. The summed E-state index contributed by atoms with van der Waals surface area (Å²) in [5.74, 6) is 3.07. The van der Waals surface area contributed by atoms with Crippen LogP contribution in [0.5, 0.6) is 5.88 Å². The van der Waals surface area contributed by atoms with Crippen molar-refractivity contribution in [2.24, 2.45) is 5.41 Å². The number of rotatable bonds is 8. The molecule has 0 bridgehead atoms. The molecule has 1 spiro atoms. The Balaban J connectivity index is 1.02. The largest absolute Gasteiger partial charge is 0.473 e. The zero-order valence-electron chi connectivity index (χ0n) is 22.4. The summed E-state index contributed by atoms with van der Waals surface area (Å²) < 4.78 is 14.1. The third kappa shape index (κ3) is 4.53. The van der Waals surface area contributed by atoms with E-state index < -0.39 is 0 Å². The van der Waals surface area contributed by atoms with Crippen LogP contribution in [-0.4, -0.2) is 51.6 Å². The van der Waals surface area contributed by atoms with Gasteiger partial charge >= 0.3 is 0 Å². The van der Waals surface area contributed by atoms with Crippen molar-refractivity contribution in [1.29, 1.82) is 5.26 Å². The number of carbonyl (C=O) groups excluding carboxylic acids is 1. The molecule has 2 saturated heterocycles. The number of fused-ring (bicyclic) bond motifs is 1. The van der Waals surface area contributed by atoms with Crippen molar-refractivity contribution < 1.29 is 14.3 Å². The average Bonchev–Trinajstić information content (AvgIpc) is 3.31. The van der Waals surface area contributed by atoms with Gasteiger partial charge in [0.05, 0.1) is 24.3 Å². The zero-order valence-corrected chi connectivity index (χ0v) is 23.2. The molecule has 3 aliphatic rings. The predicted octanol–water partition coefficient (Wildman–Crippen LogP) is 5.02. The van der Waals surface area contributed by atoms with Crippen LogP contribution in [0.15, 0.2) is 36.4 Å². The van der Waals surface area contributed by atoms with Crippen LogP contribution in [0.3, 0.4) is 0 Å². The van der Waals surface area contributed by atoms with Crippen molar-refractivity contribution in [1.82, 2.24) is 19.5 Å². The van der Waals surface area contributed by atoms with Gasteiger partial charge in [-0.2, -0.15) is 10.2 Å². The Bertz CT molecular complexity index is 1630. The maximum atomic E-state index is 11.3. The van der Waals surface area contributed by atoms with Gasteiger partial charge in [0.25, 0.3) is 0 Å². The number of pyridine rings is 1. The van der Waals surface area contributed by atoms with E-state index in [1.54, 1.807) is 0 Å². The molecule has 0 amide bonds. The van der Waals surface area contributed by atoms with Crippen LogP contribution in [0.2, 0.25) is 0 Å². The molecule has 5 heterocycles. The Hall–Kier alpha value is -3.81. The highest BCUT2D eigenvalue weighted by Gasteiger charge is 2.57. The van der Waals surface area contributed by atoms with Crippen LogP contribution < -0.4 is 9.64 Å². The summed E-state index contributed by atoms with van der Waals surface area (Å²) in [4.78, 5) is 28.9. The van der Waals surface area contributed by atoms with E-state index in [-0.39, 0.29) is 11.5 Å². The number of thiazole rings is 1. The lowest BCUT2D eigenvalue weighted by Crippen LogP contribution is -2.36. The van der Waals surface area contributed by atoms with E-state index >= 15 is 0 Å². The van der Waals surface area contributed by atoms with Gasteiger partial charge in [-0.05, 0) is 67.3 Å². The second-order valence-electron chi connectivity index (χ2n) is 11.1. The second kappa shape index (κ2) is 9.98. The number of nitrogens with zero attached hydrogens (tertiary/aromatic N) is 6. The molecular weight excluding hydrogens is 524 g/mol. The van der Waals surface area contributed by atoms with Crippen LogP contribution >= 0.6 is 11.3 Å². The molecule has 2 atom stereocenters. The fourth-order valence-corrected chi connectivity index (χ4v) is 6.99. The average molecular weight is 555 g/mol. The lowest BCUT2D eigenvalue weighted by Gasteiger charge is -2.34. The number of aryl methyl sites for hydroxylation is 1. The minimum atomic E-state index is 0.218. The molecule has 40 heavy (non-hydrogen) atoms. The lowest BCUT2D eigenvalue weighted by atomic mass is 9.90. The summed E-state index contributed by atoms with van der Waals surface area (Å²) >= 11 is 1.43. The van der Waals surface area contributed by atoms with Crippen LogP contribution in [0.4, 0.5) is 5.82 Å². The van der Waals surface area contributed by atoms with E-state index in [2.05, 4.69) is 26.6 Å². The minimum absolute atomic E-state index is 0.218. The number of hydrogen-bond acceptors (Lipinski definition) is 9. The number of carbonyl (C=O) groups is 1. The molecule has 4 aromatic rings. The quantitative estimate of drug-likeness (QED) is 0.280. The molecule has 204 valence electrons. The third-order valence-corrected chi connectivity index (χ3v) is 9.76. The summed E-state index contributed by atoms with van der Waals surface area (Å²) in [6.45, 7) is 5.89. The summed E-state index contributed by atoms with van der Waals surface area (Å²) in [7, 11) is 0. The van der Waals surface area contributed by atoms with E-state index in [1.807, 2.05) is 37.3 Å². The Labute approximate surface area is 236 Å². The number of aldehydes is 1. The SMILES string of the molecule is Cc1cc(C#N)ccc1COc1cccc(N2CCC3(CC2)CC3c2nc3nc(C=O)sc3n2CC2CCO2)n1. The number of nitriles is 1. The second-order valence-corrected chi connectivity index (χ2v) is 12.2. The van der Waals surface area contributed by atoms with E-state index in [0.29, 0.717) is 34.6 Å². The highest BCUT2D eigenvalue weighted by atomic mass is 32.1. The topological polar surface area (TPSA) is 106 Å². The number of benzene rings is 1. The number of imidazole rings is 1. The van der Waals surface area contributed by atoms with Gasteiger partial charge in [0.15, 0.2) is 16.9 Å². The molecule has 2 unspecified atom stereocenters. The molecule has 1 aromatic carbocycles. The number of anilines is 1. The first-order chi connectivity index (χ1) is 19.5. The summed E-state index contributed by atoms with van der Waals surface area (Å²) in [6, 6.07) is 13.8. The molecular formula is C30H30N6O3S. The van der Waals surface area contributed by atoms with Gasteiger partial charge in [0.2, 0.25) is 5.88 Å². The lowest BCUT2D eigenvalue weighted by molar-refractivity contribution is -0.0590. The normalized spacial score (nSPS) is 21.2. The molecule has 7 rings (SSSR count). The smallest absolute Gasteiger partial charge is 0.215 e. The van der Waals surface area contributed by atoms with Crippen LogP contribution in [0, 0.1) is 23.7 Å². The maximum absolute atomic E-state index is 11.3. The van der Waals surface area contributed by atoms with E-state index in [9.17, 15) is 4.79 Å².